The molecule has 0 unspecified atom stereocenters. The standard InChI is InChI=1S/C15H7BrCl4N2O5/c1-4-2-5(22(26)27)3-6(16)13(4)21-14(23)7-8(15(24)25)10(18)12(20)11(19)9(7)17/h2-3H,1H3,(H,21,23)(H,24,25). The molecule has 0 fully saturated rings. The Kier molecular flexibility index (Phi) is 6.59. The number of carbonyl (C=O) groups is 2. The Morgan fingerprint density at radius 2 is 1.59 bits per heavy atom. The van der Waals surface area contributed by atoms with Crippen LogP contribution in [0.2, 0.25) is 20.1 Å². The van der Waals surface area contributed by atoms with Crippen molar-refractivity contribution >= 4 is 85.6 Å². The Bertz CT molecular complexity index is 989. The lowest BCUT2D eigenvalue weighted by Gasteiger charge is -2.15. The molecule has 0 aromatic heterocycles. The predicted molar refractivity (Wildman–Crippen MR) is 107 cm³/mol. The fourth-order valence-corrected chi connectivity index (χ4v) is 3.88. The van der Waals surface area contributed by atoms with E-state index in [2.05, 4.69) is 21.2 Å². The van der Waals surface area contributed by atoms with Crippen LogP contribution in [-0.4, -0.2) is 21.9 Å². The number of nitro groups is 1. The molecule has 0 aliphatic rings. The maximum atomic E-state index is 12.7. The highest BCUT2D eigenvalue weighted by Gasteiger charge is 2.29. The molecule has 0 spiro atoms. The zero-order valence-electron chi connectivity index (χ0n) is 13.1. The number of carbonyl (C=O) groups excluding carboxylic acids is 1. The highest BCUT2D eigenvalue weighted by atomic mass is 79.9. The molecule has 12 heteroatoms. The van der Waals surface area contributed by atoms with E-state index < -0.39 is 38.0 Å². The van der Waals surface area contributed by atoms with Crippen molar-refractivity contribution in [1.82, 2.24) is 0 Å². The summed E-state index contributed by atoms with van der Waals surface area (Å²) in [6.45, 7) is 1.52. The lowest BCUT2D eigenvalue weighted by molar-refractivity contribution is -0.385. The van der Waals surface area contributed by atoms with Crippen molar-refractivity contribution in [1.29, 1.82) is 0 Å². The number of benzene rings is 2. The molecule has 0 aliphatic heterocycles. The van der Waals surface area contributed by atoms with E-state index >= 15 is 0 Å². The largest absolute Gasteiger partial charge is 0.478 e. The highest BCUT2D eigenvalue weighted by molar-refractivity contribution is 9.10. The first-order valence-electron chi connectivity index (χ1n) is 6.82. The van der Waals surface area contributed by atoms with Gasteiger partial charge in [0.05, 0.1) is 41.8 Å². The summed E-state index contributed by atoms with van der Waals surface area (Å²) in [6.07, 6.45) is 0. The Morgan fingerprint density at radius 1 is 1.07 bits per heavy atom. The molecular weight excluding hydrogens is 510 g/mol. The molecule has 0 radical (unpaired) electrons. The zero-order chi connectivity index (χ0) is 20.6. The first-order valence-corrected chi connectivity index (χ1v) is 9.13. The Morgan fingerprint density at radius 3 is 2.04 bits per heavy atom. The second-order valence-corrected chi connectivity index (χ2v) is 7.51. The lowest BCUT2D eigenvalue weighted by atomic mass is 10.1. The van der Waals surface area contributed by atoms with Gasteiger partial charge in [-0.25, -0.2) is 4.79 Å². The Labute approximate surface area is 180 Å². The van der Waals surface area contributed by atoms with Crippen LogP contribution in [0.4, 0.5) is 11.4 Å². The molecule has 142 valence electrons. The molecular formula is C15H7BrCl4N2O5. The van der Waals surface area contributed by atoms with E-state index in [4.69, 9.17) is 46.4 Å². The van der Waals surface area contributed by atoms with E-state index in [9.17, 15) is 24.8 Å². The number of carboxylic acids is 1. The van der Waals surface area contributed by atoms with Crippen LogP contribution in [0.15, 0.2) is 16.6 Å². The summed E-state index contributed by atoms with van der Waals surface area (Å²) in [6, 6.07) is 2.42. The first-order chi connectivity index (χ1) is 12.5. The van der Waals surface area contributed by atoms with Crippen molar-refractivity contribution in [3.05, 3.63) is 63.5 Å². The molecule has 0 atom stereocenters. The van der Waals surface area contributed by atoms with Crippen LogP contribution in [0, 0.1) is 17.0 Å². The number of non-ortho nitro benzene ring substituents is 1. The number of nitrogens with zero attached hydrogens (tertiary/aromatic N) is 1. The molecule has 27 heavy (non-hydrogen) atoms. The van der Waals surface area contributed by atoms with E-state index in [-0.39, 0.29) is 25.9 Å². The van der Waals surface area contributed by atoms with Crippen LogP contribution in [0.5, 0.6) is 0 Å². The summed E-state index contributed by atoms with van der Waals surface area (Å²) >= 11 is 26.9. The van der Waals surface area contributed by atoms with Crippen LogP contribution >= 0.6 is 62.3 Å². The number of nitrogens with one attached hydrogen (secondary N) is 1. The van der Waals surface area contributed by atoms with Crippen molar-refractivity contribution in [2.45, 2.75) is 6.92 Å². The third-order valence-electron chi connectivity index (χ3n) is 3.43. The van der Waals surface area contributed by atoms with Gasteiger partial charge in [0.15, 0.2) is 0 Å². The van der Waals surface area contributed by atoms with Gasteiger partial charge in [-0.2, -0.15) is 0 Å². The Hall–Kier alpha value is -1.58. The third-order valence-corrected chi connectivity index (χ3v) is 5.86. The maximum Gasteiger partial charge on any atom is 0.338 e. The lowest BCUT2D eigenvalue weighted by Crippen LogP contribution is -2.19. The number of anilines is 1. The second-order valence-electron chi connectivity index (χ2n) is 5.14. The number of rotatable bonds is 4. The minimum atomic E-state index is -1.54. The monoisotopic (exact) mass is 514 g/mol. The molecule has 2 aromatic carbocycles. The van der Waals surface area contributed by atoms with Crippen LogP contribution in [0.1, 0.15) is 26.3 Å². The predicted octanol–water partition coefficient (Wildman–Crippen LogP) is 6.23. The van der Waals surface area contributed by atoms with E-state index in [1.807, 2.05) is 0 Å². The van der Waals surface area contributed by atoms with Crippen LogP contribution < -0.4 is 5.32 Å². The molecule has 1 amide bonds. The summed E-state index contributed by atoms with van der Waals surface area (Å²) in [4.78, 5) is 34.6. The van der Waals surface area contributed by atoms with Crippen molar-refractivity contribution in [2.24, 2.45) is 0 Å². The maximum absolute atomic E-state index is 12.7. The fraction of sp³-hybridized carbons (Fsp3) is 0.0667. The summed E-state index contributed by atoms with van der Waals surface area (Å²) in [5.41, 5.74) is -0.777. The van der Waals surface area contributed by atoms with Crippen molar-refractivity contribution in [3.63, 3.8) is 0 Å². The molecule has 2 N–H and O–H groups in total. The molecule has 0 heterocycles. The van der Waals surface area contributed by atoms with Gasteiger partial charge in [0.2, 0.25) is 0 Å². The van der Waals surface area contributed by atoms with Gasteiger partial charge in [-0.05, 0) is 28.4 Å². The van der Waals surface area contributed by atoms with Crippen molar-refractivity contribution in [2.75, 3.05) is 5.32 Å². The van der Waals surface area contributed by atoms with Gasteiger partial charge in [-0.15, -0.1) is 0 Å². The number of hydrogen-bond acceptors (Lipinski definition) is 4. The van der Waals surface area contributed by atoms with E-state index in [1.54, 1.807) is 0 Å². The van der Waals surface area contributed by atoms with Crippen molar-refractivity contribution < 1.29 is 19.6 Å². The van der Waals surface area contributed by atoms with Gasteiger partial charge in [-0.1, -0.05) is 46.4 Å². The number of aromatic carboxylic acids is 1. The number of amides is 1. The average Bonchev–Trinajstić information content (AvgIpc) is 2.58. The number of nitro benzene ring substituents is 1. The minimum absolute atomic E-state index is 0.181. The van der Waals surface area contributed by atoms with E-state index in [0.717, 1.165) is 0 Å². The van der Waals surface area contributed by atoms with Gasteiger partial charge < -0.3 is 10.4 Å². The van der Waals surface area contributed by atoms with E-state index in [0.29, 0.717) is 5.56 Å². The topological polar surface area (TPSA) is 110 Å². The van der Waals surface area contributed by atoms with Gasteiger partial charge in [0, 0.05) is 16.6 Å². The summed E-state index contributed by atoms with van der Waals surface area (Å²) in [7, 11) is 0. The fourth-order valence-electron chi connectivity index (χ4n) is 2.21. The van der Waals surface area contributed by atoms with Gasteiger partial charge >= 0.3 is 5.97 Å². The quantitative estimate of drug-likeness (QED) is 0.217. The second kappa shape index (κ2) is 8.20. The van der Waals surface area contributed by atoms with Crippen LogP contribution in [0.3, 0.4) is 0 Å². The average molecular weight is 517 g/mol. The van der Waals surface area contributed by atoms with Crippen LogP contribution in [0.25, 0.3) is 0 Å². The third kappa shape index (κ3) is 4.14. The highest BCUT2D eigenvalue weighted by Crippen LogP contribution is 2.42. The smallest absolute Gasteiger partial charge is 0.338 e. The summed E-state index contributed by atoms with van der Waals surface area (Å²) < 4.78 is 0.210. The zero-order valence-corrected chi connectivity index (χ0v) is 17.7. The SMILES string of the molecule is Cc1cc([N+](=O)[O-])cc(Br)c1NC(=O)c1c(Cl)c(Cl)c(Cl)c(Cl)c1C(=O)O. The number of carboxylic acid groups (broad SMARTS) is 1. The molecule has 0 bridgehead atoms. The number of aryl methyl sites for hydroxylation is 1. The van der Waals surface area contributed by atoms with Gasteiger partial charge in [0.1, 0.15) is 0 Å². The van der Waals surface area contributed by atoms with Gasteiger partial charge in [-0.3, -0.25) is 14.9 Å². The summed E-state index contributed by atoms with van der Waals surface area (Å²) in [5, 5.41) is 21.3. The Balaban J connectivity index is 2.61. The summed E-state index contributed by atoms with van der Waals surface area (Å²) in [5.74, 6) is -2.47. The molecule has 0 saturated heterocycles. The van der Waals surface area contributed by atoms with Gasteiger partial charge in [0.25, 0.3) is 11.6 Å². The number of hydrogen-bond donors (Lipinski definition) is 2. The molecule has 2 aromatic rings. The molecule has 2 rings (SSSR count). The van der Waals surface area contributed by atoms with Crippen LogP contribution in [-0.2, 0) is 0 Å². The number of halogens is 5. The molecule has 0 saturated carbocycles. The van der Waals surface area contributed by atoms with E-state index in [1.165, 1.54) is 19.1 Å². The minimum Gasteiger partial charge on any atom is -0.478 e. The molecule has 0 aliphatic carbocycles. The normalized spacial score (nSPS) is 10.6. The molecule has 7 nitrogen and oxygen atoms in total. The first kappa shape index (κ1) is 21.7. The van der Waals surface area contributed by atoms with Crippen molar-refractivity contribution in [3.8, 4) is 0 Å².